The Morgan fingerprint density at radius 1 is 1.37 bits per heavy atom. The molecule has 0 saturated carbocycles. The summed E-state index contributed by atoms with van der Waals surface area (Å²) in [4.78, 5) is 22.8. The summed E-state index contributed by atoms with van der Waals surface area (Å²) in [7, 11) is 0. The molecule has 1 aliphatic heterocycles. The van der Waals surface area contributed by atoms with E-state index in [-0.39, 0.29) is 12.7 Å². The molecule has 6 heteroatoms. The number of carbonyl (C=O) groups is 2. The Bertz CT molecular complexity index is 500. The maximum absolute atomic E-state index is 11.5. The van der Waals surface area contributed by atoms with E-state index in [1.807, 2.05) is 6.92 Å². The standard InChI is InChI=1S/C13H15NO5/c1-2-3-11(15)14-12(13(16)17)8-4-5-9-10(6-8)19-7-18-9/h4-6,12H,2-3,7H2,1H3,(H,14,15)(H,16,17). The van der Waals surface area contributed by atoms with Crippen LogP contribution < -0.4 is 14.8 Å². The summed E-state index contributed by atoms with van der Waals surface area (Å²) in [5.74, 6) is -0.322. The monoisotopic (exact) mass is 265 g/mol. The van der Waals surface area contributed by atoms with E-state index < -0.39 is 12.0 Å². The molecule has 1 aromatic carbocycles. The van der Waals surface area contributed by atoms with Gasteiger partial charge in [-0.05, 0) is 24.1 Å². The van der Waals surface area contributed by atoms with Crippen molar-refractivity contribution in [1.29, 1.82) is 0 Å². The van der Waals surface area contributed by atoms with Gasteiger partial charge in [0.05, 0.1) is 0 Å². The topological polar surface area (TPSA) is 84.9 Å². The van der Waals surface area contributed by atoms with Crippen LogP contribution in [0, 0.1) is 0 Å². The third-order valence-electron chi connectivity index (χ3n) is 2.76. The summed E-state index contributed by atoms with van der Waals surface area (Å²) in [5.41, 5.74) is 0.459. The minimum Gasteiger partial charge on any atom is -0.479 e. The molecule has 0 bridgehead atoms. The number of aliphatic carboxylic acids is 1. The fraction of sp³-hybridized carbons (Fsp3) is 0.385. The first-order chi connectivity index (χ1) is 9.11. The first-order valence-electron chi connectivity index (χ1n) is 6.03. The van der Waals surface area contributed by atoms with Crippen molar-refractivity contribution < 1.29 is 24.2 Å². The first kappa shape index (κ1) is 13.2. The van der Waals surface area contributed by atoms with Gasteiger partial charge in [-0.3, -0.25) is 4.79 Å². The summed E-state index contributed by atoms with van der Waals surface area (Å²) in [6.45, 7) is 1.98. The number of benzene rings is 1. The molecule has 1 amide bonds. The van der Waals surface area contributed by atoms with E-state index in [4.69, 9.17) is 9.47 Å². The van der Waals surface area contributed by atoms with E-state index in [1.54, 1.807) is 18.2 Å². The minimum absolute atomic E-state index is 0.124. The highest BCUT2D eigenvalue weighted by atomic mass is 16.7. The van der Waals surface area contributed by atoms with Crippen molar-refractivity contribution in [1.82, 2.24) is 5.32 Å². The highest BCUT2D eigenvalue weighted by Crippen LogP contribution is 2.34. The van der Waals surface area contributed by atoms with Crippen molar-refractivity contribution in [3.63, 3.8) is 0 Å². The number of hydrogen-bond acceptors (Lipinski definition) is 4. The maximum atomic E-state index is 11.5. The van der Waals surface area contributed by atoms with Gasteiger partial charge in [0.1, 0.15) is 0 Å². The molecule has 6 nitrogen and oxygen atoms in total. The van der Waals surface area contributed by atoms with Gasteiger partial charge in [-0.1, -0.05) is 13.0 Å². The average molecular weight is 265 g/mol. The Morgan fingerprint density at radius 2 is 2.11 bits per heavy atom. The van der Waals surface area contributed by atoms with E-state index in [9.17, 15) is 14.7 Å². The first-order valence-corrected chi connectivity index (χ1v) is 6.03. The van der Waals surface area contributed by atoms with Gasteiger partial charge in [0, 0.05) is 6.42 Å². The maximum Gasteiger partial charge on any atom is 0.330 e. The molecule has 0 spiro atoms. The Balaban J connectivity index is 2.19. The zero-order chi connectivity index (χ0) is 13.8. The highest BCUT2D eigenvalue weighted by Gasteiger charge is 2.24. The number of ether oxygens (including phenoxy) is 2. The van der Waals surface area contributed by atoms with Crippen LogP contribution in [0.15, 0.2) is 18.2 Å². The van der Waals surface area contributed by atoms with Crippen molar-refractivity contribution in [2.75, 3.05) is 6.79 Å². The lowest BCUT2D eigenvalue weighted by Crippen LogP contribution is -2.33. The van der Waals surface area contributed by atoms with Crippen LogP contribution in [0.25, 0.3) is 0 Å². The molecular weight excluding hydrogens is 250 g/mol. The Labute approximate surface area is 110 Å². The van der Waals surface area contributed by atoms with Crippen LogP contribution in [0.3, 0.4) is 0 Å². The second-order valence-corrected chi connectivity index (χ2v) is 4.20. The van der Waals surface area contributed by atoms with Gasteiger partial charge in [0.15, 0.2) is 17.5 Å². The smallest absolute Gasteiger partial charge is 0.330 e. The molecule has 19 heavy (non-hydrogen) atoms. The van der Waals surface area contributed by atoms with Gasteiger partial charge in [-0.25, -0.2) is 4.79 Å². The second-order valence-electron chi connectivity index (χ2n) is 4.20. The molecule has 2 rings (SSSR count). The molecule has 0 aromatic heterocycles. The lowest BCUT2D eigenvalue weighted by Gasteiger charge is -2.15. The SMILES string of the molecule is CCCC(=O)NC(C(=O)O)c1ccc2c(c1)OCO2. The number of nitrogens with one attached hydrogen (secondary N) is 1. The lowest BCUT2D eigenvalue weighted by molar-refractivity contribution is -0.142. The average Bonchev–Trinajstić information content (AvgIpc) is 2.83. The summed E-state index contributed by atoms with van der Waals surface area (Å²) >= 11 is 0. The van der Waals surface area contributed by atoms with E-state index in [0.717, 1.165) is 0 Å². The zero-order valence-corrected chi connectivity index (χ0v) is 10.5. The van der Waals surface area contributed by atoms with Crippen molar-refractivity contribution in [3.8, 4) is 11.5 Å². The van der Waals surface area contributed by atoms with E-state index >= 15 is 0 Å². The molecule has 1 heterocycles. The summed E-state index contributed by atoms with van der Waals surface area (Å²) in [6, 6.07) is 3.75. The van der Waals surface area contributed by atoms with E-state index in [2.05, 4.69) is 5.32 Å². The van der Waals surface area contributed by atoms with Crippen molar-refractivity contribution in [3.05, 3.63) is 23.8 Å². The second kappa shape index (κ2) is 5.60. The molecule has 0 radical (unpaired) electrons. The predicted octanol–water partition coefficient (Wildman–Crippen LogP) is 1.46. The number of hydrogen-bond donors (Lipinski definition) is 2. The summed E-state index contributed by atoms with van der Waals surface area (Å²) < 4.78 is 10.3. The molecule has 1 aromatic rings. The van der Waals surface area contributed by atoms with Gasteiger partial charge in [0.25, 0.3) is 0 Å². The largest absolute Gasteiger partial charge is 0.479 e. The normalized spacial score (nSPS) is 13.9. The number of carbonyl (C=O) groups excluding carboxylic acids is 1. The van der Waals surface area contributed by atoms with Crippen LogP contribution in [0.5, 0.6) is 11.5 Å². The number of rotatable bonds is 5. The zero-order valence-electron chi connectivity index (χ0n) is 10.5. The van der Waals surface area contributed by atoms with Crippen molar-refractivity contribution in [2.45, 2.75) is 25.8 Å². The van der Waals surface area contributed by atoms with Gasteiger partial charge in [-0.15, -0.1) is 0 Å². The van der Waals surface area contributed by atoms with Gasteiger partial charge < -0.3 is 19.9 Å². The third-order valence-corrected chi connectivity index (χ3v) is 2.76. The Kier molecular flexibility index (Phi) is 3.89. The minimum atomic E-state index is -1.11. The molecule has 0 saturated heterocycles. The van der Waals surface area contributed by atoms with Crippen LogP contribution in [0.1, 0.15) is 31.4 Å². The number of fused-ring (bicyclic) bond motifs is 1. The Hall–Kier alpha value is -2.24. The Morgan fingerprint density at radius 3 is 2.79 bits per heavy atom. The molecule has 0 fully saturated rings. The van der Waals surface area contributed by atoms with Crippen LogP contribution in [-0.2, 0) is 9.59 Å². The van der Waals surface area contributed by atoms with Crippen molar-refractivity contribution in [2.24, 2.45) is 0 Å². The molecule has 1 unspecified atom stereocenters. The number of carboxylic acids is 1. The molecule has 0 aliphatic carbocycles. The van der Waals surface area contributed by atoms with Crippen LogP contribution in [-0.4, -0.2) is 23.8 Å². The van der Waals surface area contributed by atoms with E-state index in [1.165, 1.54) is 0 Å². The van der Waals surface area contributed by atoms with Gasteiger partial charge in [0.2, 0.25) is 12.7 Å². The predicted molar refractivity (Wildman–Crippen MR) is 66.0 cm³/mol. The lowest BCUT2D eigenvalue weighted by atomic mass is 10.1. The number of carboxylic acid groups (broad SMARTS) is 1. The third kappa shape index (κ3) is 2.96. The fourth-order valence-corrected chi connectivity index (χ4v) is 1.84. The van der Waals surface area contributed by atoms with E-state index in [0.29, 0.717) is 29.9 Å². The molecule has 2 N–H and O–H groups in total. The molecule has 102 valence electrons. The van der Waals surface area contributed by atoms with Gasteiger partial charge >= 0.3 is 5.97 Å². The quantitative estimate of drug-likeness (QED) is 0.841. The fourth-order valence-electron chi connectivity index (χ4n) is 1.84. The molecule has 1 aliphatic rings. The van der Waals surface area contributed by atoms with Gasteiger partial charge in [-0.2, -0.15) is 0 Å². The van der Waals surface area contributed by atoms with Crippen LogP contribution in [0.4, 0.5) is 0 Å². The highest BCUT2D eigenvalue weighted by molar-refractivity contribution is 5.84. The van der Waals surface area contributed by atoms with Crippen molar-refractivity contribution >= 4 is 11.9 Å². The summed E-state index contributed by atoms with van der Waals surface area (Å²) in [6.07, 6.45) is 0.966. The van der Waals surface area contributed by atoms with Crippen LogP contribution in [0.2, 0.25) is 0 Å². The number of amides is 1. The molecule has 1 atom stereocenters. The van der Waals surface area contributed by atoms with Crippen LogP contribution >= 0.6 is 0 Å². The molecular formula is C13H15NO5. The summed E-state index contributed by atoms with van der Waals surface area (Å²) in [5, 5.41) is 11.7.